The van der Waals surface area contributed by atoms with Gasteiger partial charge in [-0.2, -0.15) is 0 Å². The number of hydrogen-bond donors (Lipinski definition) is 1. The van der Waals surface area contributed by atoms with Crippen molar-refractivity contribution >= 4 is 27.4 Å². The minimum atomic E-state index is -0.214. The van der Waals surface area contributed by atoms with E-state index in [1.54, 1.807) is 14.2 Å². The molecule has 0 aliphatic heterocycles. The topological polar surface area (TPSA) is 47.6 Å². The van der Waals surface area contributed by atoms with Gasteiger partial charge in [0.1, 0.15) is 0 Å². The summed E-state index contributed by atoms with van der Waals surface area (Å²) in [4.78, 5) is 12.8. The molecule has 1 unspecified atom stereocenters. The van der Waals surface area contributed by atoms with Gasteiger partial charge in [0.15, 0.2) is 17.3 Å². The molecule has 0 bridgehead atoms. The van der Waals surface area contributed by atoms with E-state index >= 15 is 0 Å². The Labute approximate surface area is 173 Å². The van der Waals surface area contributed by atoms with Crippen molar-refractivity contribution in [3.8, 4) is 11.5 Å². The standard InChI is InChI=1S/C23H22BrNO3/c1-27-22-13-8-17(14-23(22)28-2)20(25-19-11-9-18(24)10-12-19)15-21(26)16-6-4-3-5-7-16/h3-14,20,25H,15H2,1-2H3. The van der Waals surface area contributed by atoms with E-state index in [2.05, 4.69) is 21.2 Å². The largest absolute Gasteiger partial charge is 0.493 e. The monoisotopic (exact) mass is 439 g/mol. The van der Waals surface area contributed by atoms with Gasteiger partial charge in [-0.1, -0.05) is 52.3 Å². The van der Waals surface area contributed by atoms with Gasteiger partial charge < -0.3 is 14.8 Å². The van der Waals surface area contributed by atoms with E-state index in [-0.39, 0.29) is 11.8 Å². The lowest BCUT2D eigenvalue weighted by Gasteiger charge is -2.21. The number of ether oxygens (including phenoxy) is 2. The Balaban J connectivity index is 1.91. The molecule has 5 heteroatoms. The Morgan fingerprint density at radius 3 is 2.25 bits per heavy atom. The molecule has 0 radical (unpaired) electrons. The van der Waals surface area contributed by atoms with Crippen molar-refractivity contribution in [1.82, 2.24) is 0 Å². The number of carbonyl (C=O) groups is 1. The predicted octanol–water partition coefficient (Wildman–Crippen LogP) is 5.89. The van der Waals surface area contributed by atoms with Crippen LogP contribution >= 0.6 is 15.9 Å². The summed E-state index contributed by atoms with van der Waals surface area (Å²) in [5.74, 6) is 1.36. The molecule has 0 heterocycles. The van der Waals surface area contributed by atoms with Gasteiger partial charge >= 0.3 is 0 Å². The van der Waals surface area contributed by atoms with Gasteiger partial charge in [0.05, 0.1) is 20.3 Å². The van der Waals surface area contributed by atoms with Crippen LogP contribution in [0.3, 0.4) is 0 Å². The number of rotatable bonds is 8. The van der Waals surface area contributed by atoms with Crippen LogP contribution in [-0.2, 0) is 0 Å². The summed E-state index contributed by atoms with van der Waals surface area (Å²) in [6.45, 7) is 0. The SMILES string of the molecule is COc1ccc(C(CC(=O)c2ccccc2)Nc2ccc(Br)cc2)cc1OC. The normalized spacial score (nSPS) is 11.5. The van der Waals surface area contributed by atoms with Crippen LogP contribution in [0.4, 0.5) is 5.69 Å². The molecule has 3 rings (SSSR count). The summed E-state index contributed by atoms with van der Waals surface area (Å²) < 4.78 is 11.8. The summed E-state index contributed by atoms with van der Waals surface area (Å²) in [5, 5.41) is 3.47. The molecule has 1 N–H and O–H groups in total. The van der Waals surface area contributed by atoms with Gasteiger partial charge in [-0.25, -0.2) is 0 Å². The first-order chi connectivity index (χ1) is 13.6. The Kier molecular flexibility index (Phi) is 6.71. The van der Waals surface area contributed by atoms with E-state index in [4.69, 9.17) is 9.47 Å². The molecule has 28 heavy (non-hydrogen) atoms. The molecule has 0 amide bonds. The number of hydrogen-bond acceptors (Lipinski definition) is 4. The lowest BCUT2D eigenvalue weighted by molar-refractivity contribution is 0.0976. The van der Waals surface area contributed by atoms with E-state index in [1.807, 2.05) is 72.8 Å². The highest BCUT2D eigenvalue weighted by molar-refractivity contribution is 9.10. The zero-order valence-corrected chi connectivity index (χ0v) is 17.4. The summed E-state index contributed by atoms with van der Waals surface area (Å²) in [5.41, 5.74) is 2.58. The summed E-state index contributed by atoms with van der Waals surface area (Å²) in [7, 11) is 3.21. The number of nitrogens with one attached hydrogen (secondary N) is 1. The molecule has 0 aliphatic carbocycles. The Morgan fingerprint density at radius 2 is 1.61 bits per heavy atom. The molecule has 0 aromatic heterocycles. The fraction of sp³-hybridized carbons (Fsp3) is 0.174. The summed E-state index contributed by atoms with van der Waals surface area (Å²) >= 11 is 3.45. The highest BCUT2D eigenvalue weighted by atomic mass is 79.9. The van der Waals surface area contributed by atoms with Crippen LogP contribution in [0.1, 0.15) is 28.4 Å². The van der Waals surface area contributed by atoms with Crippen molar-refractivity contribution in [3.63, 3.8) is 0 Å². The maximum Gasteiger partial charge on any atom is 0.165 e. The van der Waals surface area contributed by atoms with Gasteiger partial charge in [-0.15, -0.1) is 0 Å². The molecule has 0 spiro atoms. The van der Waals surface area contributed by atoms with Crippen LogP contribution in [0.15, 0.2) is 77.3 Å². The molecule has 0 saturated carbocycles. The van der Waals surface area contributed by atoms with E-state index in [9.17, 15) is 4.79 Å². The highest BCUT2D eigenvalue weighted by Crippen LogP contribution is 2.33. The molecule has 1 atom stereocenters. The van der Waals surface area contributed by atoms with Crippen molar-refractivity contribution in [2.24, 2.45) is 0 Å². The molecule has 3 aromatic carbocycles. The average molecular weight is 440 g/mol. The molecule has 144 valence electrons. The first kappa shape index (κ1) is 20.0. The fourth-order valence-electron chi connectivity index (χ4n) is 3.00. The van der Waals surface area contributed by atoms with E-state index < -0.39 is 0 Å². The van der Waals surface area contributed by atoms with Crippen LogP contribution < -0.4 is 14.8 Å². The zero-order valence-electron chi connectivity index (χ0n) is 15.8. The number of halogens is 1. The molecule has 0 aliphatic rings. The van der Waals surface area contributed by atoms with E-state index in [0.717, 1.165) is 15.7 Å². The van der Waals surface area contributed by atoms with Gasteiger partial charge in [0.25, 0.3) is 0 Å². The van der Waals surface area contributed by atoms with E-state index in [1.165, 1.54) is 0 Å². The maximum atomic E-state index is 12.8. The molecule has 0 fully saturated rings. The lowest BCUT2D eigenvalue weighted by Crippen LogP contribution is -2.16. The van der Waals surface area contributed by atoms with Crippen LogP contribution in [0.25, 0.3) is 0 Å². The minimum Gasteiger partial charge on any atom is -0.493 e. The Bertz CT molecular complexity index is 926. The smallest absolute Gasteiger partial charge is 0.165 e. The van der Waals surface area contributed by atoms with Crippen LogP contribution in [-0.4, -0.2) is 20.0 Å². The van der Waals surface area contributed by atoms with Crippen molar-refractivity contribution in [2.45, 2.75) is 12.5 Å². The minimum absolute atomic E-state index is 0.0741. The number of anilines is 1. The third-order valence-electron chi connectivity index (χ3n) is 4.48. The van der Waals surface area contributed by atoms with Crippen LogP contribution in [0, 0.1) is 0 Å². The van der Waals surface area contributed by atoms with Crippen molar-refractivity contribution in [2.75, 3.05) is 19.5 Å². The van der Waals surface area contributed by atoms with E-state index in [0.29, 0.717) is 23.5 Å². The van der Waals surface area contributed by atoms with Crippen molar-refractivity contribution < 1.29 is 14.3 Å². The van der Waals surface area contributed by atoms with Gasteiger partial charge in [0, 0.05) is 22.1 Å². The van der Waals surface area contributed by atoms with Gasteiger partial charge in [0.2, 0.25) is 0 Å². The predicted molar refractivity (Wildman–Crippen MR) is 115 cm³/mol. The number of methoxy groups -OCH3 is 2. The first-order valence-corrected chi connectivity index (χ1v) is 9.72. The summed E-state index contributed by atoms with van der Waals surface area (Å²) in [6.07, 6.45) is 0.315. The second-order valence-electron chi connectivity index (χ2n) is 6.31. The molecule has 0 saturated heterocycles. The van der Waals surface area contributed by atoms with Gasteiger partial charge in [-0.3, -0.25) is 4.79 Å². The molecule has 3 aromatic rings. The zero-order chi connectivity index (χ0) is 19.9. The van der Waals surface area contributed by atoms with Crippen LogP contribution in [0.2, 0.25) is 0 Å². The number of ketones is 1. The van der Waals surface area contributed by atoms with Gasteiger partial charge in [-0.05, 0) is 42.0 Å². The number of Topliss-reactive ketones (excluding diaryl/α,β-unsaturated/α-hetero) is 1. The fourth-order valence-corrected chi connectivity index (χ4v) is 3.26. The number of carbonyl (C=O) groups excluding carboxylic acids is 1. The Hall–Kier alpha value is -2.79. The van der Waals surface area contributed by atoms with Crippen molar-refractivity contribution in [3.05, 3.63) is 88.4 Å². The summed E-state index contributed by atoms with van der Waals surface area (Å²) in [6, 6.07) is 22.7. The third-order valence-corrected chi connectivity index (χ3v) is 5.01. The third kappa shape index (κ3) is 4.93. The quantitative estimate of drug-likeness (QED) is 0.444. The highest BCUT2D eigenvalue weighted by Gasteiger charge is 2.19. The Morgan fingerprint density at radius 1 is 0.929 bits per heavy atom. The number of benzene rings is 3. The first-order valence-electron chi connectivity index (χ1n) is 8.93. The second kappa shape index (κ2) is 9.42. The van der Waals surface area contributed by atoms with Crippen molar-refractivity contribution in [1.29, 1.82) is 0 Å². The van der Waals surface area contributed by atoms with Crippen LogP contribution in [0.5, 0.6) is 11.5 Å². The lowest BCUT2D eigenvalue weighted by atomic mass is 9.97. The second-order valence-corrected chi connectivity index (χ2v) is 7.23. The molecular weight excluding hydrogens is 418 g/mol. The molecular formula is C23H22BrNO3. The average Bonchev–Trinajstić information content (AvgIpc) is 2.74. The maximum absolute atomic E-state index is 12.8. The molecule has 4 nitrogen and oxygen atoms in total.